The lowest BCUT2D eigenvalue weighted by molar-refractivity contribution is -0.130. The van der Waals surface area contributed by atoms with Crippen LogP contribution in [-0.2, 0) is 27.3 Å². The Hall–Kier alpha value is -3.63. The van der Waals surface area contributed by atoms with E-state index in [1.807, 2.05) is 31.3 Å². The van der Waals surface area contributed by atoms with E-state index >= 15 is 0 Å². The van der Waals surface area contributed by atoms with E-state index in [0.29, 0.717) is 56.8 Å². The van der Waals surface area contributed by atoms with Crippen molar-refractivity contribution in [2.75, 3.05) is 57.0 Å². The van der Waals surface area contributed by atoms with Gasteiger partial charge in [0, 0.05) is 58.3 Å². The van der Waals surface area contributed by atoms with Crippen LogP contribution in [0.3, 0.4) is 0 Å². The molecule has 42 heavy (non-hydrogen) atoms. The Morgan fingerprint density at radius 3 is 2.62 bits per heavy atom. The van der Waals surface area contributed by atoms with Gasteiger partial charge in [0.25, 0.3) is 5.91 Å². The predicted octanol–water partition coefficient (Wildman–Crippen LogP) is 3.35. The average molecular weight is 578 g/mol. The molecule has 2 aromatic carbocycles. The molecule has 4 N–H and O–H groups in total. The zero-order chi connectivity index (χ0) is 29.5. The number of hydrogen-bond acceptors (Lipinski definition) is 7. The van der Waals surface area contributed by atoms with Gasteiger partial charge in [-0.15, -0.1) is 0 Å². The molecule has 2 fully saturated rings. The Morgan fingerprint density at radius 2 is 1.86 bits per heavy atom. The lowest BCUT2D eigenvalue weighted by Gasteiger charge is -2.21. The minimum absolute atomic E-state index is 0.00544. The Morgan fingerprint density at radius 1 is 1.10 bits per heavy atom. The first kappa shape index (κ1) is 29.8. The van der Waals surface area contributed by atoms with E-state index in [4.69, 9.17) is 4.74 Å². The summed E-state index contributed by atoms with van der Waals surface area (Å²) < 4.78 is 5.54. The molecule has 1 aliphatic carbocycles. The van der Waals surface area contributed by atoms with Gasteiger partial charge in [0.05, 0.1) is 0 Å². The molecule has 3 amide bonds. The van der Waals surface area contributed by atoms with Crippen LogP contribution in [-0.4, -0.2) is 79.0 Å². The topological polar surface area (TPSA) is 123 Å². The number of hydrogen-bond donors (Lipinski definition) is 4. The predicted molar refractivity (Wildman–Crippen MR) is 161 cm³/mol. The van der Waals surface area contributed by atoms with Crippen LogP contribution in [0.1, 0.15) is 49.7 Å². The lowest BCUT2D eigenvalue weighted by Crippen LogP contribution is -2.32. The van der Waals surface area contributed by atoms with Crippen LogP contribution < -0.4 is 20.7 Å². The number of rotatable bonds is 13. The largest absolute Gasteiger partial charge is 0.506 e. The van der Waals surface area contributed by atoms with Crippen LogP contribution in [0.4, 0.5) is 11.4 Å². The van der Waals surface area contributed by atoms with Gasteiger partial charge in [-0.25, -0.2) is 0 Å². The molecule has 0 aromatic heterocycles. The molecule has 2 unspecified atom stereocenters. The number of phenolic OH excluding ortho intramolecular Hbond substituents is 1. The zero-order valence-electron chi connectivity index (χ0n) is 24.5. The molecule has 2 aromatic rings. The molecule has 1 saturated carbocycles. The molecule has 5 rings (SSSR count). The Kier molecular flexibility index (Phi) is 9.97. The molecule has 3 aliphatic rings. The molecule has 0 radical (unpaired) electrons. The number of carbonyl (C=O) groups is 3. The lowest BCUT2D eigenvalue weighted by atomic mass is 10.0. The van der Waals surface area contributed by atoms with Gasteiger partial charge in [-0.3, -0.25) is 14.4 Å². The van der Waals surface area contributed by atoms with Crippen molar-refractivity contribution in [2.24, 2.45) is 11.8 Å². The molecule has 2 aliphatic heterocycles. The SMILES string of the molecule is CN(CCCC(=O)Nc1ccc(CNCCc2ccc(O)c3c2OCC(=O)N3)cc1)C(=O)CCN1CC2CCCC2C1. The monoisotopic (exact) mass is 577 g/mol. The first-order valence-corrected chi connectivity index (χ1v) is 15.2. The van der Waals surface area contributed by atoms with Crippen LogP contribution in [0.15, 0.2) is 36.4 Å². The normalized spacial score (nSPS) is 19.5. The first-order chi connectivity index (χ1) is 20.4. The fourth-order valence-corrected chi connectivity index (χ4v) is 6.36. The van der Waals surface area contributed by atoms with E-state index in [2.05, 4.69) is 20.9 Å². The highest BCUT2D eigenvalue weighted by Gasteiger charge is 2.35. The van der Waals surface area contributed by atoms with Gasteiger partial charge in [0.2, 0.25) is 11.8 Å². The highest BCUT2D eigenvalue weighted by atomic mass is 16.5. The van der Waals surface area contributed by atoms with Gasteiger partial charge < -0.3 is 35.6 Å². The molecular weight excluding hydrogens is 534 g/mol. The molecule has 2 heterocycles. The third kappa shape index (κ3) is 7.80. The number of ether oxygens (including phenoxy) is 1. The summed E-state index contributed by atoms with van der Waals surface area (Å²) in [5, 5.41) is 19.0. The minimum Gasteiger partial charge on any atom is -0.506 e. The minimum atomic E-state index is -0.281. The van der Waals surface area contributed by atoms with Crippen molar-refractivity contribution in [3.05, 3.63) is 47.5 Å². The van der Waals surface area contributed by atoms with E-state index in [-0.39, 0.29) is 30.1 Å². The van der Waals surface area contributed by atoms with Crippen molar-refractivity contribution in [1.82, 2.24) is 15.1 Å². The van der Waals surface area contributed by atoms with Crippen LogP contribution >= 0.6 is 0 Å². The van der Waals surface area contributed by atoms with Gasteiger partial charge in [-0.05, 0) is 73.4 Å². The maximum absolute atomic E-state index is 12.6. The van der Waals surface area contributed by atoms with Gasteiger partial charge in [-0.2, -0.15) is 0 Å². The average Bonchev–Trinajstić information content (AvgIpc) is 3.58. The Bertz CT molecular complexity index is 1250. The number of fused-ring (bicyclic) bond motifs is 2. The van der Waals surface area contributed by atoms with Crippen LogP contribution in [0.25, 0.3) is 0 Å². The van der Waals surface area contributed by atoms with Crippen LogP contribution in [0, 0.1) is 11.8 Å². The molecular formula is C32H43N5O5. The van der Waals surface area contributed by atoms with Crippen LogP contribution in [0.5, 0.6) is 11.5 Å². The number of amides is 3. The Balaban J connectivity index is 0.952. The van der Waals surface area contributed by atoms with Gasteiger partial charge in [0.15, 0.2) is 12.4 Å². The zero-order valence-corrected chi connectivity index (χ0v) is 24.5. The number of nitrogens with zero attached hydrogens (tertiary/aromatic N) is 2. The quantitative estimate of drug-likeness (QED) is 0.213. The van der Waals surface area contributed by atoms with Crippen molar-refractivity contribution in [1.29, 1.82) is 0 Å². The third-order valence-electron chi connectivity index (χ3n) is 8.73. The molecule has 0 spiro atoms. The van der Waals surface area contributed by atoms with Crippen molar-refractivity contribution < 1.29 is 24.2 Å². The summed E-state index contributed by atoms with van der Waals surface area (Å²) >= 11 is 0. The first-order valence-electron chi connectivity index (χ1n) is 15.2. The number of carbonyl (C=O) groups excluding carboxylic acids is 3. The van der Waals surface area contributed by atoms with E-state index in [0.717, 1.165) is 48.3 Å². The summed E-state index contributed by atoms with van der Waals surface area (Å²) in [5.41, 5.74) is 3.07. The fourth-order valence-electron chi connectivity index (χ4n) is 6.36. The maximum atomic E-state index is 12.6. The molecule has 1 saturated heterocycles. The van der Waals surface area contributed by atoms with Crippen molar-refractivity contribution in [3.63, 3.8) is 0 Å². The van der Waals surface area contributed by atoms with Crippen molar-refractivity contribution in [2.45, 2.75) is 51.5 Å². The summed E-state index contributed by atoms with van der Waals surface area (Å²) in [5.74, 6) is 2.03. The summed E-state index contributed by atoms with van der Waals surface area (Å²) in [6.07, 6.45) is 6.29. The molecule has 0 bridgehead atoms. The number of anilines is 2. The van der Waals surface area contributed by atoms with Gasteiger partial charge in [-0.1, -0.05) is 24.6 Å². The highest BCUT2D eigenvalue weighted by Crippen LogP contribution is 2.39. The highest BCUT2D eigenvalue weighted by molar-refractivity contribution is 5.97. The summed E-state index contributed by atoms with van der Waals surface area (Å²) in [6, 6.07) is 11.1. The van der Waals surface area contributed by atoms with E-state index in [9.17, 15) is 19.5 Å². The second kappa shape index (κ2) is 14.0. The smallest absolute Gasteiger partial charge is 0.262 e. The van der Waals surface area contributed by atoms with Crippen molar-refractivity contribution in [3.8, 4) is 11.5 Å². The standard InChI is InChI=1S/C32H43N5O5/c1-36(30(41)14-17-37-19-24-4-2-5-25(24)20-37)16-3-6-28(39)34-26-10-7-22(8-11-26)18-33-15-13-23-9-12-27(38)31-32(23)42-21-29(40)35-31/h7-12,24-25,33,38H,2-6,13-21H2,1H3,(H,34,39)(H,35,40). The van der Waals surface area contributed by atoms with Gasteiger partial charge in [0.1, 0.15) is 11.4 Å². The maximum Gasteiger partial charge on any atom is 0.262 e. The van der Waals surface area contributed by atoms with E-state index in [1.165, 1.54) is 19.3 Å². The molecule has 2 atom stereocenters. The molecule has 10 nitrogen and oxygen atoms in total. The summed E-state index contributed by atoms with van der Waals surface area (Å²) in [4.78, 5) is 40.8. The summed E-state index contributed by atoms with van der Waals surface area (Å²) in [7, 11) is 1.83. The van der Waals surface area contributed by atoms with E-state index in [1.54, 1.807) is 17.0 Å². The number of phenols is 1. The van der Waals surface area contributed by atoms with Crippen molar-refractivity contribution >= 4 is 29.1 Å². The Labute approximate surface area is 247 Å². The van der Waals surface area contributed by atoms with Crippen LogP contribution in [0.2, 0.25) is 0 Å². The molecule has 10 heteroatoms. The van der Waals surface area contributed by atoms with Gasteiger partial charge >= 0.3 is 0 Å². The number of likely N-dealkylation sites (tertiary alicyclic amines) is 1. The fraction of sp³-hybridized carbons (Fsp3) is 0.531. The third-order valence-corrected chi connectivity index (χ3v) is 8.73. The number of aromatic hydroxyl groups is 1. The number of benzene rings is 2. The van der Waals surface area contributed by atoms with E-state index < -0.39 is 0 Å². The number of nitrogens with one attached hydrogen (secondary N) is 3. The molecule has 226 valence electrons. The second-order valence-electron chi connectivity index (χ2n) is 11.8. The summed E-state index contributed by atoms with van der Waals surface area (Å²) in [6.45, 7) is 5.01. The second-order valence-corrected chi connectivity index (χ2v) is 11.8.